The smallest absolute Gasteiger partial charge is 0.269 e. The normalized spacial score (nSPS) is 10.9. The van der Waals surface area contributed by atoms with Crippen LogP contribution in [0.15, 0.2) is 78.0 Å². The van der Waals surface area contributed by atoms with E-state index in [4.69, 9.17) is 11.6 Å². The highest BCUT2D eigenvalue weighted by atomic mass is 35.5. The number of nitrogens with zero attached hydrogens (tertiary/aromatic N) is 4. The SMILES string of the molecule is Cc1ccc(-n2c(SCc3ccc([N+](=O)[O-])cc3)nnc2-c2ccccc2Cl)cc1. The molecule has 0 aliphatic carbocycles. The molecule has 4 rings (SSSR count). The first-order valence-electron chi connectivity index (χ1n) is 9.16. The van der Waals surface area contributed by atoms with Crippen LogP contribution < -0.4 is 0 Å². The molecular formula is C22H17ClN4O2S. The lowest BCUT2D eigenvalue weighted by molar-refractivity contribution is -0.384. The van der Waals surface area contributed by atoms with E-state index >= 15 is 0 Å². The molecule has 0 aliphatic heterocycles. The Bertz CT molecular complexity index is 1190. The van der Waals surface area contributed by atoms with Gasteiger partial charge in [-0.05, 0) is 36.8 Å². The van der Waals surface area contributed by atoms with Crippen molar-refractivity contribution >= 4 is 29.1 Å². The average molecular weight is 437 g/mol. The molecule has 6 nitrogen and oxygen atoms in total. The number of thioether (sulfide) groups is 1. The minimum Gasteiger partial charge on any atom is -0.270 e. The fourth-order valence-corrected chi connectivity index (χ4v) is 4.10. The van der Waals surface area contributed by atoms with Gasteiger partial charge in [0.1, 0.15) is 0 Å². The van der Waals surface area contributed by atoms with Crippen molar-refractivity contribution in [3.05, 3.63) is 99.1 Å². The predicted octanol–water partition coefficient (Wildman–Crippen LogP) is 6.10. The van der Waals surface area contributed by atoms with Gasteiger partial charge < -0.3 is 0 Å². The molecule has 0 unspecified atom stereocenters. The van der Waals surface area contributed by atoms with Crippen LogP contribution >= 0.6 is 23.4 Å². The van der Waals surface area contributed by atoms with Crippen LogP contribution in [0.5, 0.6) is 0 Å². The Morgan fingerprint density at radius 2 is 1.70 bits per heavy atom. The molecule has 3 aromatic carbocycles. The first-order chi connectivity index (χ1) is 14.5. The number of benzene rings is 3. The molecule has 0 aliphatic rings. The highest BCUT2D eigenvalue weighted by Crippen LogP contribution is 2.33. The van der Waals surface area contributed by atoms with Crippen LogP contribution in [0.4, 0.5) is 5.69 Å². The minimum absolute atomic E-state index is 0.0765. The topological polar surface area (TPSA) is 73.8 Å². The Hall–Kier alpha value is -3.16. The summed E-state index contributed by atoms with van der Waals surface area (Å²) in [6.45, 7) is 2.04. The highest BCUT2D eigenvalue weighted by molar-refractivity contribution is 7.98. The predicted molar refractivity (Wildman–Crippen MR) is 119 cm³/mol. The van der Waals surface area contributed by atoms with E-state index in [2.05, 4.69) is 10.2 Å². The van der Waals surface area contributed by atoms with Crippen LogP contribution in [-0.4, -0.2) is 19.7 Å². The summed E-state index contributed by atoms with van der Waals surface area (Å²) in [5, 5.41) is 21.0. The van der Waals surface area contributed by atoms with E-state index < -0.39 is 4.92 Å². The van der Waals surface area contributed by atoms with Crippen LogP contribution in [-0.2, 0) is 5.75 Å². The average Bonchev–Trinajstić information content (AvgIpc) is 3.17. The summed E-state index contributed by atoms with van der Waals surface area (Å²) in [6, 6.07) is 22.2. The molecule has 0 spiro atoms. The maximum absolute atomic E-state index is 10.8. The van der Waals surface area contributed by atoms with Gasteiger partial charge in [0.05, 0.1) is 9.95 Å². The maximum Gasteiger partial charge on any atom is 0.269 e. The Morgan fingerprint density at radius 1 is 1.00 bits per heavy atom. The Balaban J connectivity index is 1.70. The molecule has 30 heavy (non-hydrogen) atoms. The summed E-state index contributed by atoms with van der Waals surface area (Å²) in [4.78, 5) is 10.4. The fourth-order valence-electron chi connectivity index (χ4n) is 2.97. The van der Waals surface area contributed by atoms with Gasteiger partial charge in [-0.3, -0.25) is 14.7 Å². The molecule has 0 saturated carbocycles. The van der Waals surface area contributed by atoms with E-state index in [1.54, 1.807) is 12.1 Å². The van der Waals surface area contributed by atoms with Crippen LogP contribution in [0.3, 0.4) is 0 Å². The van der Waals surface area contributed by atoms with Gasteiger partial charge in [0.15, 0.2) is 11.0 Å². The molecule has 150 valence electrons. The molecule has 0 atom stereocenters. The Morgan fingerprint density at radius 3 is 2.37 bits per heavy atom. The second kappa shape index (κ2) is 8.69. The van der Waals surface area contributed by atoms with Gasteiger partial charge >= 0.3 is 0 Å². The summed E-state index contributed by atoms with van der Waals surface area (Å²) in [5.41, 5.74) is 3.93. The summed E-state index contributed by atoms with van der Waals surface area (Å²) >= 11 is 7.93. The number of hydrogen-bond acceptors (Lipinski definition) is 5. The molecule has 0 saturated heterocycles. The van der Waals surface area contributed by atoms with Crippen LogP contribution in [0.25, 0.3) is 17.1 Å². The van der Waals surface area contributed by atoms with Crippen LogP contribution in [0, 0.1) is 17.0 Å². The molecule has 0 bridgehead atoms. The first-order valence-corrected chi connectivity index (χ1v) is 10.5. The van der Waals surface area contributed by atoms with Crippen molar-refractivity contribution in [2.45, 2.75) is 17.8 Å². The summed E-state index contributed by atoms with van der Waals surface area (Å²) < 4.78 is 1.98. The molecule has 0 radical (unpaired) electrons. The van der Waals surface area contributed by atoms with Gasteiger partial charge in [0.25, 0.3) is 5.69 Å². The van der Waals surface area contributed by atoms with Gasteiger partial charge in [0.2, 0.25) is 0 Å². The molecule has 1 aromatic heterocycles. The number of halogens is 1. The lowest BCUT2D eigenvalue weighted by Crippen LogP contribution is -2.00. The zero-order valence-corrected chi connectivity index (χ0v) is 17.6. The molecule has 0 amide bonds. The van der Waals surface area contributed by atoms with Gasteiger partial charge in [0, 0.05) is 29.1 Å². The third-order valence-corrected chi connectivity index (χ3v) is 5.89. The lowest BCUT2D eigenvalue weighted by atomic mass is 10.2. The van der Waals surface area contributed by atoms with Crippen molar-refractivity contribution in [2.75, 3.05) is 0 Å². The quantitative estimate of drug-likeness (QED) is 0.207. The number of nitro benzene ring substituents is 1. The van der Waals surface area contributed by atoms with E-state index in [1.165, 1.54) is 23.9 Å². The third-order valence-electron chi connectivity index (χ3n) is 4.56. The first kappa shape index (κ1) is 20.1. The van der Waals surface area contributed by atoms with Crippen molar-refractivity contribution in [2.24, 2.45) is 0 Å². The highest BCUT2D eigenvalue weighted by Gasteiger charge is 2.18. The number of aryl methyl sites for hydroxylation is 1. The summed E-state index contributed by atoms with van der Waals surface area (Å²) in [6.07, 6.45) is 0. The van der Waals surface area contributed by atoms with Crippen molar-refractivity contribution in [3.8, 4) is 17.1 Å². The van der Waals surface area contributed by atoms with E-state index in [0.29, 0.717) is 21.8 Å². The summed E-state index contributed by atoms with van der Waals surface area (Å²) in [7, 11) is 0. The zero-order chi connectivity index (χ0) is 21.1. The lowest BCUT2D eigenvalue weighted by Gasteiger charge is -2.11. The van der Waals surface area contributed by atoms with Crippen molar-refractivity contribution in [3.63, 3.8) is 0 Å². The largest absolute Gasteiger partial charge is 0.270 e. The Kier molecular flexibility index (Phi) is 5.83. The molecular weight excluding hydrogens is 420 g/mol. The second-order valence-electron chi connectivity index (χ2n) is 6.67. The summed E-state index contributed by atoms with van der Waals surface area (Å²) in [5.74, 6) is 1.26. The fraction of sp³-hybridized carbons (Fsp3) is 0.0909. The molecule has 4 aromatic rings. The van der Waals surface area contributed by atoms with E-state index in [-0.39, 0.29) is 5.69 Å². The van der Waals surface area contributed by atoms with Gasteiger partial charge in [-0.1, -0.05) is 65.3 Å². The van der Waals surface area contributed by atoms with Gasteiger partial charge in [-0.2, -0.15) is 0 Å². The van der Waals surface area contributed by atoms with Crippen LogP contribution in [0.2, 0.25) is 5.02 Å². The van der Waals surface area contributed by atoms with E-state index in [0.717, 1.165) is 22.4 Å². The number of hydrogen-bond donors (Lipinski definition) is 0. The zero-order valence-electron chi connectivity index (χ0n) is 16.0. The second-order valence-corrected chi connectivity index (χ2v) is 8.02. The van der Waals surface area contributed by atoms with Gasteiger partial charge in [-0.25, -0.2) is 0 Å². The standard InChI is InChI=1S/C22H17ClN4O2S/c1-15-6-10-17(11-7-15)26-21(19-4-2-3-5-20(19)23)24-25-22(26)30-14-16-8-12-18(13-9-16)27(28)29/h2-13H,14H2,1H3. The van der Waals surface area contributed by atoms with Gasteiger partial charge in [-0.15, -0.1) is 10.2 Å². The monoisotopic (exact) mass is 436 g/mol. The maximum atomic E-state index is 10.8. The molecule has 0 N–H and O–H groups in total. The van der Waals surface area contributed by atoms with E-state index in [1.807, 2.05) is 60.0 Å². The number of rotatable bonds is 6. The van der Waals surface area contributed by atoms with Crippen molar-refractivity contribution in [1.29, 1.82) is 0 Å². The number of nitro groups is 1. The number of non-ortho nitro benzene ring substituents is 1. The molecule has 8 heteroatoms. The Labute approximate surface area is 182 Å². The minimum atomic E-state index is -0.402. The van der Waals surface area contributed by atoms with E-state index in [9.17, 15) is 10.1 Å². The number of aromatic nitrogens is 3. The van der Waals surface area contributed by atoms with Crippen molar-refractivity contribution in [1.82, 2.24) is 14.8 Å². The molecule has 1 heterocycles. The molecule has 0 fully saturated rings. The van der Waals surface area contributed by atoms with Crippen molar-refractivity contribution < 1.29 is 4.92 Å². The van der Waals surface area contributed by atoms with Crippen LogP contribution in [0.1, 0.15) is 11.1 Å². The third kappa shape index (κ3) is 4.22.